The summed E-state index contributed by atoms with van der Waals surface area (Å²) in [5, 5.41) is 0. The van der Waals surface area contributed by atoms with Crippen LogP contribution >= 0.6 is 0 Å². The number of ether oxygens (including phenoxy) is 2. The molecule has 0 fully saturated rings. The van der Waals surface area contributed by atoms with Crippen molar-refractivity contribution in [1.82, 2.24) is 4.90 Å². The van der Waals surface area contributed by atoms with Gasteiger partial charge in [0.1, 0.15) is 0 Å². The first-order chi connectivity index (χ1) is 6.65. The van der Waals surface area contributed by atoms with Crippen LogP contribution in [-0.4, -0.2) is 58.0 Å². The molecule has 0 aliphatic carbocycles. The lowest BCUT2D eigenvalue weighted by atomic mass is 10.2. The van der Waals surface area contributed by atoms with E-state index in [-0.39, 0.29) is 6.10 Å². The van der Waals surface area contributed by atoms with Gasteiger partial charge in [-0.3, -0.25) is 0 Å². The van der Waals surface area contributed by atoms with Crippen LogP contribution in [0.15, 0.2) is 0 Å². The van der Waals surface area contributed by atoms with Crippen LogP contribution in [0.4, 0.5) is 0 Å². The fourth-order valence-corrected chi connectivity index (χ4v) is 1.27. The average Bonchev–Trinajstić information content (AvgIpc) is 2.19. The summed E-state index contributed by atoms with van der Waals surface area (Å²) in [5.41, 5.74) is 5.54. The van der Waals surface area contributed by atoms with Crippen LogP contribution in [0, 0.1) is 0 Å². The minimum Gasteiger partial charge on any atom is -0.383 e. The molecule has 0 amide bonds. The topological polar surface area (TPSA) is 47.7 Å². The Bertz CT molecular complexity index is 129. The standard InChI is InChI=1S/C10H24N2O2/c1-9(8-13-3)12(2)6-5-10(7-11)14-4/h9-10H,5-8,11H2,1-4H3. The zero-order chi connectivity index (χ0) is 11.0. The molecular weight excluding hydrogens is 180 g/mol. The summed E-state index contributed by atoms with van der Waals surface area (Å²) in [5.74, 6) is 0. The number of nitrogens with zero attached hydrogens (tertiary/aromatic N) is 1. The molecule has 0 bridgehead atoms. The monoisotopic (exact) mass is 204 g/mol. The van der Waals surface area contributed by atoms with E-state index in [4.69, 9.17) is 15.2 Å². The van der Waals surface area contributed by atoms with Crippen LogP contribution in [-0.2, 0) is 9.47 Å². The molecule has 86 valence electrons. The first kappa shape index (κ1) is 13.8. The van der Waals surface area contributed by atoms with E-state index in [0.717, 1.165) is 19.6 Å². The van der Waals surface area contributed by atoms with Crippen LogP contribution in [0.3, 0.4) is 0 Å². The van der Waals surface area contributed by atoms with Gasteiger partial charge in [0.05, 0.1) is 12.7 Å². The highest BCUT2D eigenvalue weighted by molar-refractivity contribution is 4.66. The Kier molecular flexibility index (Phi) is 8.08. The molecular formula is C10H24N2O2. The summed E-state index contributed by atoms with van der Waals surface area (Å²) in [6.07, 6.45) is 1.14. The largest absolute Gasteiger partial charge is 0.383 e. The molecule has 0 aliphatic heterocycles. The number of likely N-dealkylation sites (N-methyl/N-ethyl adjacent to an activating group) is 1. The van der Waals surface area contributed by atoms with Gasteiger partial charge in [0.15, 0.2) is 0 Å². The summed E-state index contributed by atoms with van der Waals surface area (Å²) >= 11 is 0. The third-order valence-corrected chi connectivity index (χ3v) is 2.56. The molecule has 0 aliphatic rings. The Morgan fingerprint density at radius 3 is 2.43 bits per heavy atom. The lowest BCUT2D eigenvalue weighted by Gasteiger charge is -2.25. The van der Waals surface area contributed by atoms with Gasteiger partial charge in [0, 0.05) is 33.4 Å². The molecule has 0 saturated carbocycles. The second kappa shape index (κ2) is 8.17. The van der Waals surface area contributed by atoms with Crippen molar-refractivity contribution in [3.05, 3.63) is 0 Å². The van der Waals surface area contributed by atoms with Crippen molar-refractivity contribution in [1.29, 1.82) is 0 Å². The maximum absolute atomic E-state index is 5.54. The zero-order valence-electron chi connectivity index (χ0n) is 9.82. The lowest BCUT2D eigenvalue weighted by Crippen LogP contribution is -2.36. The first-order valence-electron chi connectivity index (χ1n) is 5.07. The number of hydrogen-bond donors (Lipinski definition) is 1. The summed E-state index contributed by atoms with van der Waals surface area (Å²) in [6.45, 7) is 4.48. The highest BCUT2D eigenvalue weighted by atomic mass is 16.5. The summed E-state index contributed by atoms with van der Waals surface area (Å²) in [7, 11) is 5.52. The van der Waals surface area contributed by atoms with Crippen molar-refractivity contribution < 1.29 is 9.47 Å². The SMILES string of the molecule is COCC(C)N(C)CCC(CN)OC. The van der Waals surface area contributed by atoms with Gasteiger partial charge in [-0.25, -0.2) is 0 Å². The molecule has 0 radical (unpaired) electrons. The Hall–Kier alpha value is -0.160. The van der Waals surface area contributed by atoms with E-state index in [1.54, 1.807) is 14.2 Å². The van der Waals surface area contributed by atoms with Crippen molar-refractivity contribution in [3.8, 4) is 0 Å². The first-order valence-corrected chi connectivity index (χ1v) is 5.07. The maximum atomic E-state index is 5.54. The second-order valence-corrected chi connectivity index (χ2v) is 3.67. The van der Waals surface area contributed by atoms with Crippen molar-refractivity contribution in [2.75, 3.05) is 41.0 Å². The van der Waals surface area contributed by atoms with E-state index in [1.807, 2.05) is 0 Å². The van der Waals surface area contributed by atoms with Gasteiger partial charge >= 0.3 is 0 Å². The molecule has 0 rings (SSSR count). The Morgan fingerprint density at radius 2 is 2.00 bits per heavy atom. The van der Waals surface area contributed by atoms with Crippen LogP contribution < -0.4 is 5.73 Å². The Balaban J connectivity index is 3.65. The highest BCUT2D eigenvalue weighted by Gasteiger charge is 2.11. The Morgan fingerprint density at radius 1 is 1.36 bits per heavy atom. The fourth-order valence-electron chi connectivity index (χ4n) is 1.27. The van der Waals surface area contributed by atoms with E-state index < -0.39 is 0 Å². The van der Waals surface area contributed by atoms with Gasteiger partial charge in [-0.05, 0) is 20.4 Å². The molecule has 2 N–H and O–H groups in total. The second-order valence-electron chi connectivity index (χ2n) is 3.67. The molecule has 4 heteroatoms. The molecule has 2 atom stereocenters. The molecule has 14 heavy (non-hydrogen) atoms. The maximum Gasteiger partial charge on any atom is 0.0705 e. The van der Waals surface area contributed by atoms with Crippen LogP contribution in [0.5, 0.6) is 0 Å². The van der Waals surface area contributed by atoms with Crippen molar-refractivity contribution >= 4 is 0 Å². The smallest absolute Gasteiger partial charge is 0.0705 e. The minimum atomic E-state index is 0.173. The molecule has 0 saturated heterocycles. The normalized spacial score (nSPS) is 15.9. The van der Waals surface area contributed by atoms with Gasteiger partial charge < -0.3 is 20.1 Å². The van der Waals surface area contributed by atoms with Gasteiger partial charge in [-0.2, -0.15) is 0 Å². The zero-order valence-corrected chi connectivity index (χ0v) is 9.82. The van der Waals surface area contributed by atoms with Crippen molar-refractivity contribution in [2.24, 2.45) is 5.73 Å². The average molecular weight is 204 g/mol. The highest BCUT2D eigenvalue weighted by Crippen LogP contribution is 2.01. The number of nitrogens with two attached hydrogens (primary N) is 1. The lowest BCUT2D eigenvalue weighted by molar-refractivity contribution is 0.0740. The summed E-state index contributed by atoms with van der Waals surface area (Å²) in [4.78, 5) is 2.26. The van der Waals surface area contributed by atoms with Crippen LogP contribution in [0.2, 0.25) is 0 Å². The fraction of sp³-hybridized carbons (Fsp3) is 1.00. The van der Waals surface area contributed by atoms with E-state index >= 15 is 0 Å². The molecule has 2 unspecified atom stereocenters. The molecule has 0 spiro atoms. The predicted octanol–water partition coefficient (Wildman–Crippen LogP) is 0.317. The molecule has 0 heterocycles. The van der Waals surface area contributed by atoms with E-state index in [2.05, 4.69) is 18.9 Å². The molecule has 0 aromatic carbocycles. The number of rotatable bonds is 8. The van der Waals surface area contributed by atoms with Crippen molar-refractivity contribution in [3.63, 3.8) is 0 Å². The quantitative estimate of drug-likeness (QED) is 0.618. The van der Waals surface area contributed by atoms with Gasteiger partial charge in [-0.15, -0.1) is 0 Å². The molecule has 0 aromatic heterocycles. The van der Waals surface area contributed by atoms with Gasteiger partial charge in [0.2, 0.25) is 0 Å². The van der Waals surface area contributed by atoms with Gasteiger partial charge in [-0.1, -0.05) is 0 Å². The van der Waals surface area contributed by atoms with Gasteiger partial charge in [0.25, 0.3) is 0 Å². The van der Waals surface area contributed by atoms with Crippen LogP contribution in [0.1, 0.15) is 13.3 Å². The Labute approximate surface area is 87.4 Å². The van der Waals surface area contributed by atoms with Crippen molar-refractivity contribution in [2.45, 2.75) is 25.5 Å². The summed E-state index contributed by atoms with van der Waals surface area (Å²) < 4.78 is 10.3. The van der Waals surface area contributed by atoms with E-state index in [9.17, 15) is 0 Å². The summed E-state index contributed by atoms with van der Waals surface area (Å²) in [6, 6.07) is 0.440. The third-order valence-electron chi connectivity index (χ3n) is 2.56. The van der Waals surface area contributed by atoms with Crippen LogP contribution in [0.25, 0.3) is 0 Å². The minimum absolute atomic E-state index is 0.173. The number of methoxy groups -OCH3 is 2. The molecule has 0 aromatic rings. The molecule has 4 nitrogen and oxygen atoms in total. The third kappa shape index (κ3) is 5.54. The van der Waals surface area contributed by atoms with E-state index in [0.29, 0.717) is 12.6 Å². The number of hydrogen-bond acceptors (Lipinski definition) is 4. The van der Waals surface area contributed by atoms with E-state index in [1.165, 1.54) is 0 Å². The predicted molar refractivity (Wildman–Crippen MR) is 58.4 cm³/mol.